The number of carbonyl (C=O) groups excluding carboxylic acids is 2. The monoisotopic (exact) mass is 593 g/mol. The number of H-pyrrole nitrogens is 1. The number of nitrogens with one attached hydrogen (secondary N) is 3. The Hall–Kier alpha value is -4.88. The summed E-state index contributed by atoms with van der Waals surface area (Å²) in [5.41, 5.74) is 8.77. The number of fused-ring (bicyclic) bond motifs is 1. The number of aromatic nitrogens is 1. The summed E-state index contributed by atoms with van der Waals surface area (Å²) < 4.78 is 38.9. The van der Waals surface area contributed by atoms with Gasteiger partial charge < -0.3 is 30.7 Å². The Morgan fingerprint density at radius 3 is 2.55 bits per heavy atom. The van der Waals surface area contributed by atoms with E-state index >= 15 is 0 Å². The lowest BCUT2D eigenvalue weighted by Gasteiger charge is -2.18. The standard InChI is InChI=1S/C29H31N5O7S/c1-3-40-29(36)26(34-42(38,39)23-10-7-18(2)8-11-23)16-31-28(35)25-15-21-14-22(9-12-24(21)32-25)41-17-19-5-4-6-20(13-19)27(30)33-37/h4-15,26,32,34,37H,3,16-17H2,1-2H3,(H2,30,33)(H,31,35)/t26-/m1/s1. The molecular formula is C29H31N5O7S. The van der Waals surface area contributed by atoms with Crippen LogP contribution in [0, 0.1) is 6.92 Å². The van der Waals surface area contributed by atoms with E-state index in [1.165, 1.54) is 12.1 Å². The van der Waals surface area contributed by atoms with Gasteiger partial charge in [-0.25, -0.2) is 8.42 Å². The van der Waals surface area contributed by atoms with Gasteiger partial charge in [-0.2, -0.15) is 4.72 Å². The first-order valence-electron chi connectivity index (χ1n) is 13.0. The summed E-state index contributed by atoms with van der Waals surface area (Å²) in [7, 11) is -4.06. The molecule has 0 aliphatic heterocycles. The molecule has 0 aliphatic rings. The highest BCUT2D eigenvalue weighted by atomic mass is 32.2. The van der Waals surface area contributed by atoms with Gasteiger partial charge in [-0.1, -0.05) is 41.1 Å². The number of nitrogens with two attached hydrogens (primary N) is 1. The van der Waals surface area contributed by atoms with Gasteiger partial charge in [0.15, 0.2) is 5.84 Å². The molecule has 0 saturated heterocycles. The second kappa shape index (κ2) is 13.2. The average Bonchev–Trinajstić information content (AvgIpc) is 3.42. The van der Waals surface area contributed by atoms with E-state index in [9.17, 15) is 18.0 Å². The number of oxime groups is 1. The van der Waals surface area contributed by atoms with Crippen molar-refractivity contribution in [2.75, 3.05) is 13.2 Å². The van der Waals surface area contributed by atoms with Crippen LogP contribution in [0.4, 0.5) is 0 Å². The third-order valence-electron chi connectivity index (χ3n) is 6.24. The number of esters is 1. The number of amides is 1. The van der Waals surface area contributed by atoms with Crippen molar-refractivity contribution in [3.63, 3.8) is 0 Å². The summed E-state index contributed by atoms with van der Waals surface area (Å²) >= 11 is 0. The molecule has 0 fully saturated rings. The zero-order valence-corrected chi connectivity index (χ0v) is 23.8. The Kier molecular flexibility index (Phi) is 9.45. The minimum atomic E-state index is -4.06. The molecule has 0 saturated carbocycles. The van der Waals surface area contributed by atoms with E-state index in [1.54, 1.807) is 61.5 Å². The highest BCUT2D eigenvalue weighted by Crippen LogP contribution is 2.23. The molecule has 1 amide bonds. The van der Waals surface area contributed by atoms with Crippen molar-refractivity contribution >= 4 is 38.6 Å². The Labute approximate surface area is 242 Å². The number of benzene rings is 3. The van der Waals surface area contributed by atoms with Crippen LogP contribution in [-0.4, -0.2) is 55.5 Å². The molecule has 13 heteroatoms. The van der Waals surface area contributed by atoms with Crippen LogP contribution in [0.1, 0.15) is 34.1 Å². The highest BCUT2D eigenvalue weighted by molar-refractivity contribution is 7.89. The van der Waals surface area contributed by atoms with Gasteiger partial charge in [0.25, 0.3) is 5.91 Å². The fraction of sp³-hybridized carbons (Fsp3) is 0.207. The van der Waals surface area contributed by atoms with E-state index in [0.29, 0.717) is 22.2 Å². The zero-order chi connectivity index (χ0) is 30.3. The molecule has 4 aromatic rings. The van der Waals surface area contributed by atoms with Crippen molar-refractivity contribution in [3.8, 4) is 5.75 Å². The van der Waals surface area contributed by atoms with Crippen molar-refractivity contribution in [3.05, 3.63) is 95.2 Å². The molecule has 1 aromatic heterocycles. The van der Waals surface area contributed by atoms with Crippen molar-refractivity contribution in [2.24, 2.45) is 10.9 Å². The predicted molar refractivity (Wildman–Crippen MR) is 156 cm³/mol. The quantitative estimate of drug-likeness (QED) is 0.0546. The van der Waals surface area contributed by atoms with Gasteiger partial charge >= 0.3 is 5.97 Å². The first kappa shape index (κ1) is 30.1. The van der Waals surface area contributed by atoms with Gasteiger partial charge in [0, 0.05) is 23.0 Å². The minimum Gasteiger partial charge on any atom is -0.489 e. The SMILES string of the molecule is CCOC(=O)[C@@H](CNC(=O)c1cc2cc(OCc3cccc(C(N)=NO)c3)ccc2[nH]1)NS(=O)(=O)c1ccc(C)cc1. The lowest BCUT2D eigenvalue weighted by molar-refractivity contribution is -0.144. The molecule has 12 nitrogen and oxygen atoms in total. The van der Waals surface area contributed by atoms with Crippen LogP contribution in [0.15, 0.2) is 82.8 Å². The number of hydrogen-bond donors (Lipinski definition) is 5. The van der Waals surface area contributed by atoms with Crippen LogP contribution >= 0.6 is 0 Å². The van der Waals surface area contributed by atoms with E-state index < -0.39 is 27.9 Å². The molecule has 0 bridgehead atoms. The number of ether oxygens (including phenoxy) is 2. The van der Waals surface area contributed by atoms with Crippen molar-refractivity contribution in [2.45, 2.75) is 31.4 Å². The molecular weight excluding hydrogens is 562 g/mol. The van der Waals surface area contributed by atoms with E-state index in [0.717, 1.165) is 11.1 Å². The lowest BCUT2D eigenvalue weighted by Crippen LogP contribution is -2.49. The lowest BCUT2D eigenvalue weighted by atomic mass is 10.1. The molecule has 220 valence electrons. The second-order valence-electron chi connectivity index (χ2n) is 9.36. The molecule has 6 N–H and O–H groups in total. The molecule has 3 aromatic carbocycles. The van der Waals surface area contributed by atoms with E-state index in [4.69, 9.17) is 20.4 Å². The number of nitrogens with zero attached hydrogens (tertiary/aromatic N) is 1. The highest BCUT2D eigenvalue weighted by Gasteiger charge is 2.27. The van der Waals surface area contributed by atoms with Gasteiger partial charge in [-0.15, -0.1) is 0 Å². The Morgan fingerprint density at radius 2 is 1.83 bits per heavy atom. The minimum absolute atomic E-state index is 0.00588. The molecule has 42 heavy (non-hydrogen) atoms. The normalized spacial score (nSPS) is 12.6. The topological polar surface area (TPSA) is 185 Å². The number of hydrogen-bond acceptors (Lipinski definition) is 8. The molecule has 0 radical (unpaired) electrons. The number of carbonyl (C=O) groups is 2. The number of rotatable bonds is 12. The maximum Gasteiger partial charge on any atom is 0.326 e. The van der Waals surface area contributed by atoms with Gasteiger partial charge in [-0.05, 0) is 61.9 Å². The molecule has 0 unspecified atom stereocenters. The van der Waals surface area contributed by atoms with Crippen LogP contribution in [0.25, 0.3) is 10.9 Å². The Morgan fingerprint density at radius 1 is 1.07 bits per heavy atom. The van der Waals surface area contributed by atoms with Crippen LogP contribution in [-0.2, 0) is 26.2 Å². The van der Waals surface area contributed by atoms with Gasteiger partial charge in [0.2, 0.25) is 10.0 Å². The Balaban J connectivity index is 1.42. The summed E-state index contributed by atoms with van der Waals surface area (Å²) in [5.74, 6) is -0.814. The van der Waals surface area contributed by atoms with Crippen molar-refractivity contribution < 1.29 is 32.7 Å². The Bertz CT molecular complexity index is 1720. The fourth-order valence-electron chi connectivity index (χ4n) is 4.05. The number of amidine groups is 1. The molecule has 4 rings (SSSR count). The van der Waals surface area contributed by atoms with E-state index in [2.05, 4.69) is 20.2 Å². The summed E-state index contributed by atoms with van der Waals surface area (Å²) in [6, 6.07) is 18.7. The van der Waals surface area contributed by atoms with Crippen LogP contribution in [0.2, 0.25) is 0 Å². The zero-order valence-electron chi connectivity index (χ0n) is 23.0. The first-order chi connectivity index (χ1) is 20.1. The van der Waals surface area contributed by atoms with E-state index in [1.807, 2.05) is 13.0 Å². The van der Waals surface area contributed by atoms with Crippen LogP contribution < -0.4 is 20.5 Å². The number of aryl methyl sites for hydroxylation is 1. The van der Waals surface area contributed by atoms with Crippen molar-refractivity contribution in [1.82, 2.24) is 15.0 Å². The largest absolute Gasteiger partial charge is 0.489 e. The first-order valence-corrected chi connectivity index (χ1v) is 14.4. The van der Waals surface area contributed by atoms with Crippen LogP contribution in [0.5, 0.6) is 5.75 Å². The number of aromatic amines is 1. The van der Waals surface area contributed by atoms with Gasteiger partial charge in [0.05, 0.1) is 11.5 Å². The summed E-state index contributed by atoms with van der Waals surface area (Å²) in [6.45, 7) is 3.36. The smallest absolute Gasteiger partial charge is 0.326 e. The van der Waals surface area contributed by atoms with Crippen LogP contribution in [0.3, 0.4) is 0 Å². The number of sulfonamides is 1. The molecule has 1 heterocycles. The third kappa shape index (κ3) is 7.44. The average molecular weight is 594 g/mol. The predicted octanol–water partition coefficient (Wildman–Crippen LogP) is 2.79. The summed E-state index contributed by atoms with van der Waals surface area (Å²) in [6.07, 6.45) is 0. The third-order valence-corrected chi connectivity index (χ3v) is 7.73. The molecule has 1 atom stereocenters. The molecule has 0 aliphatic carbocycles. The van der Waals surface area contributed by atoms with Gasteiger partial charge in [0.1, 0.15) is 24.1 Å². The maximum absolute atomic E-state index is 12.9. The van der Waals surface area contributed by atoms with E-state index in [-0.39, 0.29) is 36.2 Å². The second-order valence-corrected chi connectivity index (χ2v) is 11.1. The summed E-state index contributed by atoms with van der Waals surface area (Å²) in [4.78, 5) is 28.5. The van der Waals surface area contributed by atoms with Crippen molar-refractivity contribution in [1.29, 1.82) is 0 Å². The van der Waals surface area contributed by atoms with Gasteiger partial charge in [-0.3, -0.25) is 9.59 Å². The fourth-order valence-corrected chi connectivity index (χ4v) is 5.23. The molecule has 0 spiro atoms. The summed E-state index contributed by atoms with van der Waals surface area (Å²) in [5, 5.41) is 15.2. The maximum atomic E-state index is 12.9.